The molecule has 12 heterocycles. The molecule has 30 heteroatoms. The molecule has 0 N–H and O–H groups in total. The number of methoxy groups -OCH3 is 2. The van der Waals surface area contributed by atoms with Gasteiger partial charge >= 0.3 is 0 Å². The lowest BCUT2D eigenvalue weighted by molar-refractivity contribution is -0.126. The molecule has 622 valence electrons. The Morgan fingerprint density at radius 3 is 1.06 bits per heavy atom. The molecule has 2 atom stereocenters. The van der Waals surface area contributed by atoms with Gasteiger partial charge in [-0.15, -0.1) is 45.3 Å². The number of nitrogens with zero attached hydrogens (tertiary/aromatic N) is 12. The third-order valence-electron chi connectivity index (χ3n) is 24.2. The normalized spacial score (nSPS) is 17.7. The van der Waals surface area contributed by atoms with Crippen molar-refractivity contribution in [3.05, 3.63) is 270 Å². The van der Waals surface area contributed by atoms with Crippen molar-refractivity contribution in [3.8, 4) is 72.8 Å². The van der Waals surface area contributed by atoms with Crippen LogP contribution in [0.3, 0.4) is 0 Å². The van der Waals surface area contributed by atoms with E-state index in [1.807, 2.05) is 39.8 Å². The van der Waals surface area contributed by atoms with Gasteiger partial charge in [-0.2, -0.15) is 0 Å². The first-order chi connectivity index (χ1) is 61.0. The predicted octanol–water partition coefficient (Wildman–Crippen LogP) is 22.6. The van der Waals surface area contributed by atoms with Crippen LogP contribution in [0.2, 0.25) is 0 Å². The number of hydrogen-bond donors (Lipinski definition) is 0. The number of ether oxygens (including phenoxy) is 2. The number of amides is 4. The molecule has 2 unspecified atom stereocenters. The average Bonchev–Trinajstić information content (AvgIpc) is 1.50. The minimum absolute atomic E-state index is 0.149. The molecule has 0 saturated carbocycles. The summed E-state index contributed by atoms with van der Waals surface area (Å²) in [6.07, 6.45) is 10.1. The maximum absolute atomic E-state index is 14.2. The summed E-state index contributed by atoms with van der Waals surface area (Å²) in [5.41, 5.74) is 21.3. The largest absolute Gasteiger partial charge is 0.495 e. The summed E-state index contributed by atoms with van der Waals surface area (Å²) in [6, 6.07) is 53.9. The first-order valence-electron chi connectivity index (χ1n) is 40.7. The fourth-order valence-corrected chi connectivity index (χ4v) is 28.9. The van der Waals surface area contributed by atoms with Crippen molar-refractivity contribution in [1.82, 2.24) is 59.5 Å². The first-order valence-corrected chi connectivity index (χ1v) is 48.9. The second kappa shape index (κ2) is 31.7. The van der Waals surface area contributed by atoms with E-state index in [-0.39, 0.29) is 23.6 Å². The monoisotopic (exact) mass is 1870 g/mol. The maximum atomic E-state index is 14.2. The zero-order valence-corrected chi connectivity index (χ0v) is 78.8. The lowest BCUT2D eigenvalue weighted by atomic mass is 9.65. The van der Waals surface area contributed by atoms with Crippen molar-refractivity contribution in [2.24, 2.45) is 0 Å². The Morgan fingerprint density at radius 2 is 0.730 bits per heavy atom. The van der Waals surface area contributed by atoms with Gasteiger partial charge in [-0.1, -0.05) is 215 Å². The summed E-state index contributed by atoms with van der Waals surface area (Å²) in [6.45, 7) is 17.9. The standard InChI is InChI=1S/C96H70N12O6S12/c1-11-105-87(109)73(123-91(105)115)31-53-41-99-77-63(101-53)37-61-79(103-65(43-97-61)83-89(111)107(13-3)93(117)125-83)75(77)69-39-67(113-9)85(119-69)71-35-59-81(121-71)55-33-58-56(34-57(55)95(59,49-23-15-45(5)16-24-49)50-25-17-46(6)18-26-50)82-60(96(58,51-27-19-47(7)20-28-51)52-29-21-48(8)22-30-52)36-72(122-82)86-68(114-10)40-70(120-86)76-78-64(102-54(42-100-78)32-74-88(110)106(12-2)92(116)124-74)38-62-80(76)104-66(44-98-62)84-90(112)108(14-4)94(118)126-84/h15-44,83-84H,11-14H2,1-10H3/b73-31-,74-32-. The summed E-state index contributed by atoms with van der Waals surface area (Å²) in [5, 5.41) is -1.42. The van der Waals surface area contributed by atoms with E-state index in [1.54, 1.807) is 116 Å². The SMILES string of the molecule is CCN1C(=O)/C(=C/c2cnc3c(-c4cc(OC)c(-c5cc6c(s5)-c5cc7c(cc5C6(c5ccc(C)cc5)c5ccc(C)cc5)-c5sc(-c6sc(-c8c9ncc(/C=C%10\SC(=S)N(CC)C%10=O)nc9cc9ncc(C%10SC(=S)N(CC)C%10=O)nc89)cc6OC)cc5C7(c5ccc(C)cc5)c5ccc(C)cc5)s4)c4nc(C5SC(=S)N(CC)C5=O)cnc4cc3n2)SC1=S. The molecule has 0 spiro atoms. The number of aryl methyl sites for hydroxylation is 4. The third-order valence-corrected chi connectivity index (χ3v) is 35.1. The molecule has 4 saturated heterocycles. The van der Waals surface area contributed by atoms with Crippen LogP contribution in [0.5, 0.6) is 11.5 Å². The third kappa shape index (κ3) is 12.9. The fourth-order valence-electron chi connectivity index (χ4n) is 18.1. The van der Waals surface area contributed by atoms with Gasteiger partial charge in [0.05, 0.1) is 125 Å². The minimum atomic E-state index is -0.909. The van der Waals surface area contributed by atoms with Gasteiger partial charge < -0.3 is 9.47 Å². The van der Waals surface area contributed by atoms with E-state index in [1.165, 1.54) is 47.0 Å². The van der Waals surface area contributed by atoms with Crippen molar-refractivity contribution in [2.45, 2.75) is 76.7 Å². The molecule has 6 aliphatic rings. The molecule has 0 radical (unpaired) electrons. The van der Waals surface area contributed by atoms with Gasteiger partial charge in [0, 0.05) is 66.6 Å². The van der Waals surface area contributed by atoms with E-state index in [4.69, 9.17) is 98.2 Å². The number of rotatable bonds is 18. The van der Waals surface area contributed by atoms with Crippen LogP contribution in [0.15, 0.2) is 180 Å². The van der Waals surface area contributed by atoms with Crippen LogP contribution in [0.25, 0.3) is 118 Å². The summed E-state index contributed by atoms with van der Waals surface area (Å²) in [4.78, 5) is 112. The van der Waals surface area contributed by atoms with Crippen LogP contribution in [-0.2, 0) is 30.0 Å². The van der Waals surface area contributed by atoms with Crippen molar-refractivity contribution < 1.29 is 28.7 Å². The average molecular weight is 1870 g/mol. The van der Waals surface area contributed by atoms with Crippen molar-refractivity contribution in [2.75, 3.05) is 40.4 Å². The number of carbonyl (C=O) groups excluding carboxylic acids is 4. The Kier molecular flexibility index (Phi) is 20.7. The highest BCUT2D eigenvalue weighted by molar-refractivity contribution is 8.27. The Balaban J connectivity index is 0.772. The highest BCUT2D eigenvalue weighted by Gasteiger charge is 2.54. The number of thiocarbonyl (C=S) groups is 4. The second-order valence-corrected chi connectivity index (χ2v) is 42.4. The first kappa shape index (κ1) is 82.4. The van der Waals surface area contributed by atoms with E-state index in [9.17, 15) is 19.2 Å². The van der Waals surface area contributed by atoms with Gasteiger partial charge in [-0.25, -0.2) is 19.9 Å². The predicted molar refractivity (Wildman–Crippen MR) is 530 cm³/mol. The number of carbonyl (C=O) groups is 4. The molecule has 21 rings (SSSR count). The van der Waals surface area contributed by atoms with E-state index in [2.05, 4.69) is 161 Å². The van der Waals surface area contributed by atoms with Crippen LogP contribution in [0, 0.1) is 27.7 Å². The molecule has 15 aromatic rings. The lowest BCUT2D eigenvalue weighted by Crippen LogP contribution is -2.30. The van der Waals surface area contributed by atoms with Gasteiger partial charge in [-0.05, 0) is 172 Å². The van der Waals surface area contributed by atoms with Crippen molar-refractivity contribution >= 4 is 238 Å². The second-order valence-electron chi connectivity index (χ2n) is 31.3. The molecule has 126 heavy (non-hydrogen) atoms. The fraction of sp³-hybridized carbons (Fsp3) is 0.188. The van der Waals surface area contributed by atoms with Gasteiger partial charge in [0.2, 0.25) is 11.8 Å². The topological polar surface area (TPSA) is 203 Å². The lowest BCUT2D eigenvalue weighted by Gasteiger charge is -2.35. The Hall–Kier alpha value is -10.6. The molecule has 4 aliphatic heterocycles. The van der Waals surface area contributed by atoms with Gasteiger partial charge in [0.15, 0.2) is 0 Å². The molecule has 4 amide bonds. The molecular formula is C96H70N12O6S12. The van der Waals surface area contributed by atoms with Crippen LogP contribution >= 0.6 is 141 Å². The zero-order chi connectivity index (χ0) is 86.9. The minimum Gasteiger partial charge on any atom is -0.495 e. The Labute approximate surface area is 778 Å². The number of likely N-dealkylation sites (N-methyl/N-ethyl adjacent to an activating group) is 4. The smallest absolute Gasteiger partial charge is 0.266 e. The van der Waals surface area contributed by atoms with E-state index >= 15 is 0 Å². The number of thioether (sulfide) groups is 4. The van der Waals surface area contributed by atoms with Crippen LogP contribution in [-0.4, -0.2) is 141 Å². The van der Waals surface area contributed by atoms with E-state index < -0.39 is 21.3 Å². The summed E-state index contributed by atoms with van der Waals surface area (Å²) in [7, 11) is 3.42. The Morgan fingerprint density at radius 1 is 0.381 bits per heavy atom. The number of fused-ring (bicyclic) bond motifs is 10. The molecule has 8 aromatic heterocycles. The maximum Gasteiger partial charge on any atom is 0.266 e. The summed E-state index contributed by atoms with van der Waals surface area (Å²) >= 11 is 34.5. The number of aromatic nitrogens is 8. The van der Waals surface area contributed by atoms with Crippen LogP contribution in [0.1, 0.15) is 128 Å². The quantitative estimate of drug-likeness (QED) is 0.0445. The van der Waals surface area contributed by atoms with E-state index in [0.29, 0.717) is 143 Å². The number of hydrogen-bond acceptors (Lipinski definition) is 26. The molecule has 18 nitrogen and oxygen atoms in total. The summed E-state index contributed by atoms with van der Waals surface area (Å²) < 4.78 is 15.2. The summed E-state index contributed by atoms with van der Waals surface area (Å²) in [5.74, 6) is 0.609. The highest BCUT2D eigenvalue weighted by Crippen LogP contribution is 2.68. The highest BCUT2D eigenvalue weighted by atomic mass is 32.2. The van der Waals surface area contributed by atoms with Crippen molar-refractivity contribution in [1.29, 1.82) is 0 Å². The Bertz CT molecular complexity index is 6900. The van der Waals surface area contributed by atoms with Crippen molar-refractivity contribution in [3.63, 3.8) is 0 Å². The van der Waals surface area contributed by atoms with Gasteiger partial charge in [0.1, 0.15) is 50.3 Å². The molecule has 0 bridgehead atoms. The van der Waals surface area contributed by atoms with Crippen LogP contribution in [0.4, 0.5) is 0 Å². The molecular weight excluding hydrogens is 1800 g/mol. The van der Waals surface area contributed by atoms with Gasteiger partial charge in [-0.3, -0.25) is 58.7 Å². The molecule has 7 aromatic carbocycles. The zero-order valence-electron chi connectivity index (χ0n) is 69.0. The number of benzene rings is 7. The van der Waals surface area contributed by atoms with Gasteiger partial charge in [0.25, 0.3) is 11.8 Å². The molecule has 4 fully saturated rings. The van der Waals surface area contributed by atoms with E-state index in [0.717, 1.165) is 117 Å². The number of thiophene rings is 4. The molecule has 2 aliphatic carbocycles. The van der Waals surface area contributed by atoms with Crippen LogP contribution < -0.4 is 9.47 Å².